The quantitative estimate of drug-likeness (QED) is 0.746. The van der Waals surface area contributed by atoms with E-state index in [0.717, 1.165) is 22.6 Å². The molecular formula is C18H17ClN4O. The largest absolute Gasteiger partial charge is 0.326 e. The monoisotopic (exact) mass is 340 g/mol. The normalized spacial score (nSPS) is 10.6. The lowest BCUT2D eigenvalue weighted by molar-refractivity contribution is -0.115. The van der Waals surface area contributed by atoms with Crippen LogP contribution in [0.4, 0.5) is 5.69 Å². The standard InChI is InChI=1S/C18H17ClN4O/c1-12-3-2-4-15(9-12)20-18(24)11-17-21-16(22-23-17)10-13-5-7-14(19)8-6-13/h2-9H,10-11H2,1H3,(H,20,24)(H,21,22,23). The lowest BCUT2D eigenvalue weighted by Gasteiger charge is -2.04. The van der Waals surface area contributed by atoms with Crippen LogP contribution in [0.15, 0.2) is 48.5 Å². The first-order chi connectivity index (χ1) is 11.6. The summed E-state index contributed by atoms with van der Waals surface area (Å²) in [5, 5.41) is 10.5. The van der Waals surface area contributed by atoms with Crippen LogP contribution in [-0.4, -0.2) is 21.1 Å². The summed E-state index contributed by atoms with van der Waals surface area (Å²) in [6.07, 6.45) is 0.745. The van der Waals surface area contributed by atoms with Crippen molar-refractivity contribution in [2.24, 2.45) is 0 Å². The molecule has 0 fully saturated rings. The van der Waals surface area contributed by atoms with Gasteiger partial charge in [-0.05, 0) is 42.3 Å². The van der Waals surface area contributed by atoms with Crippen molar-refractivity contribution in [3.8, 4) is 0 Å². The van der Waals surface area contributed by atoms with E-state index in [-0.39, 0.29) is 12.3 Å². The molecule has 0 aliphatic rings. The van der Waals surface area contributed by atoms with E-state index >= 15 is 0 Å². The summed E-state index contributed by atoms with van der Waals surface area (Å²) in [5.41, 5.74) is 2.94. The van der Waals surface area contributed by atoms with E-state index in [1.54, 1.807) is 0 Å². The Hall–Kier alpha value is -2.66. The average molecular weight is 341 g/mol. The maximum absolute atomic E-state index is 12.1. The Balaban J connectivity index is 1.59. The van der Waals surface area contributed by atoms with Gasteiger partial charge < -0.3 is 5.32 Å². The Bertz CT molecular complexity index is 842. The Labute approximate surface area is 145 Å². The molecule has 2 aromatic carbocycles. The van der Waals surface area contributed by atoms with Crippen molar-refractivity contribution >= 4 is 23.2 Å². The molecule has 0 saturated carbocycles. The molecule has 0 unspecified atom stereocenters. The summed E-state index contributed by atoms with van der Waals surface area (Å²) in [5.74, 6) is 1.05. The van der Waals surface area contributed by atoms with Crippen LogP contribution in [0.3, 0.4) is 0 Å². The number of aromatic nitrogens is 3. The lowest BCUT2D eigenvalue weighted by atomic mass is 10.1. The minimum atomic E-state index is -0.141. The first-order valence-electron chi connectivity index (χ1n) is 7.59. The number of carbonyl (C=O) groups excluding carboxylic acids is 1. The molecule has 122 valence electrons. The maximum Gasteiger partial charge on any atom is 0.232 e. The molecule has 0 bridgehead atoms. The number of nitrogens with zero attached hydrogens (tertiary/aromatic N) is 2. The van der Waals surface area contributed by atoms with Gasteiger partial charge in [0.05, 0.1) is 6.42 Å². The van der Waals surface area contributed by atoms with Gasteiger partial charge in [0, 0.05) is 17.1 Å². The highest BCUT2D eigenvalue weighted by Crippen LogP contribution is 2.12. The molecule has 3 rings (SSSR count). The Morgan fingerprint density at radius 2 is 2.00 bits per heavy atom. The van der Waals surface area contributed by atoms with Gasteiger partial charge >= 0.3 is 0 Å². The molecule has 0 saturated heterocycles. The minimum Gasteiger partial charge on any atom is -0.326 e. The van der Waals surface area contributed by atoms with Crippen molar-refractivity contribution in [2.45, 2.75) is 19.8 Å². The molecule has 0 atom stereocenters. The van der Waals surface area contributed by atoms with Crippen molar-refractivity contribution in [2.75, 3.05) is 5.32 Å². The highest BCUT2D eigenvalue weighted by atomic mass is 35.5. The van der Waals surface area contributed by atoms with Crippen LogP contribution in [0, 0.1) is 6.92 Å². The van der Waals surface area contributed by atoms with Crippen LogP contribution >= 0.6 is 11.6 Å². The zero-order chi connectivity index (χ0) is 16.9. The van der Waals surface area contributed by atoms with Crippen LogP contribution in [0.2, 0.25) is 5.02 Å². The fourth-order valence-electron chi connectivity index (χ4n) is 2.36. The predicted octanol–water partition coefficient (Wildman–Crippen LogP) is 3.54. The number of nitrogens with one attached hydrogen (secondary N) is 2. The molecule has 0 spiro atoms. The number of hydrogen-bond acceptors (Lipinski definition) is 3. The lowest BCUT2D eigenvalue weighted by Crippen LogP contribution is -2.15. The molecule has 3 aromatic rings. The third-order valence-electron chi connectivity index (χ3n) is 3.48. The van der Waals surface area contributed by atoms with Gasteiger partial charge in [-0.15, -0.1) is 0 Å². The van der Waals surface area contributed by atoms with Crippen LogP contribution < -0.4 is 5.32 Å². The number of carbonyl (C=O) groups is 1. The fourth-order valence-corrected chi connectivity index (χ4v) is 2.49. The molecule has 1 aromatic heterocycles. The number of H-pyrrole nitrogens is 1. The number of halogens is 1. The smallest absolute Gasteiger partial charge is 0.232 e. The van der Waals surface area contributed by atoms with E-state index in [1.165, 1.54) is 0 Å². The summed E-state index contributed by atoms with van der Waals surface area (Å²) in [4.78, 5) is 16.4. The minimum absolute atomic E-state index is 0.130. The molecule has 0 aliphatic carbocycles. The fraction of sp³-hybridized carbons (Fsp3) is 0.167. The van der Waals surface area contributed by atoms with Crippen LogP contribution in [0.5, 0.6) is 0 Å². The number of aryl methyl sites for hydroxylation is 1. The third kappa shape index (κ3) is 4.43. The van der Waals surface area contributed by atoms with Gasteiger partial charge in [0.25, 0.3) is 0 Å². The van der Waals surface area contributed by atoms with E-state index in [4.69, 9.17) is 11.6 Å². The van der Waals surface area contributed by atoms with Gasteiger partial charge in [0.1, 0.15) is 5.82 Å². The van der Waals surface area contributed by atoms with Crippen molar-refractivity contribution in [1.29, 1.82) is 0 Å². The van der Waals surface area contributed by atoms with E-state index in [2.05, 4.69) is 20.5 Å². The number of anilines is 1. The zero-order valence-electron chi connectivity index (χ0n) is 13.2. The number of amides is 1. The first kappa shape index (κ1) is 16.2. The van der Waals surface area contributed by atoms with Crippen molar-refractivity contribution in [1.82, 2.24) is 15.2 Å². The summed E-state index contributed by atoms with van der Waals surface area (Å²) in [6.45, 7) is 1.98. The second-order valence-corrected chi connectivity index (χ2v) is 6.03. The second-order valence-electron chi connectivity index (χ2n) is 5.60. The number of rotatable bonds is 5. The molecule has 0 aliphatic heterocycles. The number of aromatic amines is 1. The van der Waals surface area contributed by atoms with Crippen molar-refractivity contribution in [3.63, 3.8) is 0 Å². The van der Waals surface area contributed by atoms with Gasteiger partial charge in [-0.25, -0.2) is 4.98 Å². The summed E-state index contributed by atoms with van der Waals surface area (Å²) < 4.78 is 0. The SMILES string of the molecule is Cc1cccc(NC(=O)Cc2n[nH]c(Cc3ccc(Cl)cc3)n2)c1. The Morgan fingerprint density at radius 1 is 1.21 bits per heavy atom. The zero-order valence-corrected chi connectivity index (χ0v) is 14.0. The third-order valence-corrected chi connectivity index (χ3v) is 3.74. The van der Waals surface area contributed by atoms with E-state index < -0.39 is 0 Å². The van der Waals surface area contributed by atoms with Gasteiger partial charge in [0.15, 0.2) is 5.82 Å². The molecule has 1 amide bonds. The summed E-state index contributed by atoms with van der Waals surface area (Å²) in [6, 6.07) is 15.2. The molecule has 2 N–H and O–H groups in total. The topological polar surface area (TPSA) is 70.7 Å². The van der Waals surface area contributed by atoms with Crippen LogP contribution in [0.1, 0.15) is 22.8 Å². The second kappa shape index (κ2) is 7.27. The van der Waals surface area contributed by atoms with E-state index in [9.17, 15) is 4.79 Å². The van der Waals surface area contributed by atoms with E-state index in [1.807, 2.05) is 55.5 Å². The molecule has 0 radical (unpaired) electrons. The number of hydrogen-bond donors (Lipinski definition) is 2. The Morgan fingerprint density at radius 3 is 2.75 bits per heavy atom. The van der Waals surface area contributed by atoms with Crippen LogP contribution in [-0.2, 0) is 17.6 Å². The van der Waals surface area contributed by atoms with Crippen molar-refractivity contribution < 1.29 is 4.79 Å². The molecule has 5 nitrogen and oxygen atoms in total. The predicted molar refractivity (Wildman–Crippen MR) is 94.2 cm³/mol. The summed E-state index contributed by atoms with van der Waals surface area (Å²) >= 11 is 5.87. The van der Waals surface area contributed by atoms with E-state index in [0.29, 0.717) is 17.3 Å². The van der Waals surface area contributed by atoms with Gasteiger partial charge in [-0.3, -0.25) is 9.89 Å². The Kier molecular flexibility index (Phi) is 4.91. The highest BCUT2D eigenvalue weighted by Gasteiger charge is 2.10. The van der Waals surface area contributed by atoms with Crippen LogP contribution in [0.25, 0.3) is 0 Å². The summed E-state index contributed by atoms with van der Waals surface area (Å²) in [7, 11) is 0. The first-order valence-corrected chi connectivity index (χ1v) is 7.97. The molecule has 24 heavy (non-hydrogen) atoms. The van der Waals surface area contributed by atoms with Gasteiger partial charge in [-0.2, -0.15) is 5.10 Å². The van der Waals surface area contributed by atoms with Gasteiger partial charge in [-0.1, -0.05) is 35.9 Å². The highest BCUT2D eigenvalue weighted by molar-refractivity contribution is 6.30. The van der Waals surface area contributed by atoms with Gasteiger partial charge in [0.2, 0.25) is 5.91 Å². The molecular weight excluding hydrogens is 324 g/mol. The molecule has 6 heteroatoms. The average Bonchev–Trinajstić information content (AvgIpc) is 2.96. The van der Waals surface area contributed by atoms with Crippen molar-refractivity contribution in [3.05, 3.63) is 76.3 Å². The maximum atomic E-state index is 12.1. The number of benzene rings is 2. The molecule has 1 heterocycles.